The minimum Gasteiger partial charge on any atom is -0.481 e. The summed E-state index contributed by atoms with van der Waals surface area (Å²) in [5, 5.41) is 38.2. The molecule has 6 heteroatoms. The zero-order chi connectivity index (χ0) is 21.8. The molecular weight excluding hydrogens is 360 g/mol. The average molecular weight is 403 g/mol. The van der Waals surface area contributed by atoms with Crippen LogP contribution in [0.25, 0.3) is 0 Å². The fourth-order valence-corrected chi connectivity index (χ4v) is 3.15. The molecule has 0 heterocycles. The zero-order valence-electron chi connectivity index (χ0n) is 18.2. The number of hydrogen-bond acceptors (Lipinski definition) is 4. The zero-order valence-corrected chi connectivity index (χ0v) is 18.2. The summed E-state index contributed by atoms with van der Waals surface area (Å²) in [7, 11) is 0. The Morgan fingerprint density at radius 1 is 0.607 bits per heavy atom. The van der Waals surface area contributed by atoms with Gasteiger partial charge in [0, 0.05) is 0 Å². The highest BCUT2D eigenvalue weighted by Crippen LogP contribution is 2.25. The predicted molar refractivity (Wildman–Crippen MR) is 110 cm³/mol. The second kappa shape index (κ2) is 13.2. The van der Waals surface area contributed by atoms with Gasteiger partial charge in [0.05, 0.1) is 23.0 Å². The number of aliphatic hydroxyl groups excluding tert-OH is 2. The van der Waals surface area contributed by atoms with E-state index in [1.807, 2.05) is 0 Å². The molecule has 4 N–H and O–H groups in total. The fraction of sp³-hybridized carbons (Fsp3) is 0.909. The third-order valence-corrected chi connectivity index (χ3v) is 5.71. The maximum absolute atomic E-state index is 11.0. The molecule has 0 bridgehead atoms. The molecule has 0 unspecified atom stereocenters. The van der Waals surface area contributed by atoms with E-state index in [4.69, 9.17) is 10.2 Å². The summed E-state index contributed by atoms with van der Waals surface area (Å²) >= 11 is 0. The van der Waals surface area contributed by atoms with Gasteiger partial charge in [-0.15, -0.1) is 0 Å². The Kier molecular flexibility index (Phi) is 12.6. The smallest absolute Gasteiger partial charge is 0.309 e. The fourth-order valence-electron chi connectivity index (χ4n) is 3.15. The molecule has 0 saturated carbocycles. The molecule has 6 nitrogen and oxygen atoms in total. The SMILES string of the molecule is CC(C)(CCCCCC[C@@H](O)[C@H](O)CCCCCCC(C)(C)C(=O)O)C(=O)O. The maximum Gasteiger partial charge on any atom is 0.309 e. The third-order valence-electron chi connectivity index (χ3n) is 5.71. The van der Waals surface area contributed by atoms with E-state index in [0.717, 1.165) is 51.4 Å². The first-order chi connectivity index (χ1) is 12.9. The molecule has 0 spiro atoms. The van der Waals surface area contributed by atoms with Crippen molar-refractivity contribution in [1.29, 1.82) is 0 Å². The van der Waals surface area contributed by atoms with E-state index in [1.165, 1.54) is 0 Å². The van der Waals surface area contributed by atoms with Crippen molar-refractivity contribution >= 4 is 11.9 Å². The number of rotatable bonds is 17. The van der Waals surface area contributed by atoms with Crippen LogP contribution in [0.5, 0.6) is 0 Å². The lowest BCUT2D eigenvalue weighted by molar-refractivity contribution is -0.148. The third kappa shape index (κ3) is 11.6. The van der Waals surface area contributed by atoms with Gasteiger partial charge in [-0.3, -0.25) is 9.59 Å². The van der Waals surface area contributed by atoms with Crippen LogP contribution in [0, 0.1) is 10.8 Å². The van der Waals surface area contributed by atoms with Crippen molar-refractivity contribution in [2.75, 3.05) is 0 Å². The Hall–Kier alpha value is -1.14. The molecule has 0 aromatic rings. The van der Waals surface area contributed by atoms with Gasteiger partial charge in [-0.1, -0.05) is 51.4 Å². The van der Waals surface area contributed by atoms with Crippen molar-refractivity contribution in [1.82, 2.24) is 0 Å². The lowest BCUT2D eigenvalue weighted by atomic mass is 9.87. The second-order valence-corrected chi connectivity index (χ2v) is 9.42. The summed E-state index contributed by atoms with van der Waals surface area (Å²) in [5.41, 5.74) is -1.36. The van der Waals surface area contributed by atoms with E-state index in [-0.39, 0.29) is 0 Å². The number of carboxylic acid groups (broad SMARTS) is 2. The molecular formula is C22H42O6. The minimum atomic E-state index is -0.767. The molecule has 0 fully saturated rings. The summed E-state index contributed by atoms with van der Waals surface area (Å²) in [4.78, 5) is 22.1. The predicted octanol–water partition coefficient (Wildman–Crippen LogP) is 4.61. The van der Waals surface area contributed by atoms with Gasteiger partial charge in [-0.2, -0.15) is 0 Å². The lowest BCUT2D eigenvalue weighted by Gasteiger charge is -2.20. The average Bonchev–Trinajstić information content (AvgIpc) is 2.59. The molecule has 166 valence electrons. The first-order valence-corrected chi connectivity index (χ1v) is 10.7. The second-order valence-electron chi connectivity index (χ2n) is 9.42. The van der Waals surface area contributed by atoms with Crippen molar-refractivity contribution < 1.29 is 30.0 Å². The number of aliphatic carboxylic acids is 2. The Balaban J connectivity index is 3.70. The standard InChI is InChI=1S/C22H42O6/c1-21(2,19(25)26)15-11-7-5-9-13-17(23)18(24)14-10-6-8-12-16-22(3,4)20(27)28/h17-18,23-24H,5-16H2,1-4H3,(H,25,26)(H,27,28)/t17-,18-/m1/s1. The highest BCUT2D eigenvalue weighted by atomic mass is 16.4. The Morgan fingerprint density at radius 2 is 0.893 bits per heavy atom. The van der Waals surface area contributed by atoms with Gasteiger partial charge in [-0.25, -0.2) is 0 Å². The Labute approximate surface area is 170 Å². The molecule has 0 aliphatic rings. The van der Waals surface area contributed by atoms with Crippen molar-refractivity contribution in [3.05, 3.63) is 0 Å². The van der Waals surface area contributed by atoms with Crippen LogP contribution in [0.3, 0.4) is 0 Å². The van der Waals surface area contributed by atoms with Gasteiger partial charge < -0.3 is 20.4 Å². The topological polar surface area (TPSA) is 115 Å². The van der Waals surface area contributed by atoms with E-state index < -0.39 is 35.0 Å². The quantitative estimate of drug-likeness (QED) is 0.264. The van der Waals surface area contributed by atoms with Crippen molar-refractivity contribution in [2.45, 2.75) is 117 Å². The number of aliphatic hydroxyl groups is 2. The van der Waals surface area contributed by atoms with Crippen LogP contribution in [-0.4, -0.2) is 44.6 Å². The maximum atomic E-state index is 11.0. The van der Waals surface area contributed by atoms with Gasteiger partial charge >= 0.3 is 11.9 Å². The molecule has 0 aromatic carbocycles. The van der Waals surface area contributed by atoms with E-state index in [9.17, 15) is 19.8 Å². The van der Waals surface area contributed by atoms with Crippen LogP contribution in [0.2, 0.25) is 0 Å². The molecule has 0 saturated heterocycles. The normalized spacial score (nSPS) is 14.6. The van der Waals surface area contributed by atoms with Gasteiger partial charge in [0.25, 0.3) is 0 Å². The van der Waals surface area contributed by atoms with Gasteiger partial charge in [0.1, 0.15) is 0 Å². The highest BCUT2D eigenvalue weighted by Gasteiger charge is 2.26. The molecule has 0 radical (unpaired) electrons. The summed E-state index contributed by atoms with van der Waals surface area (Å²) < 4.78 is 0. The van der Waals surface area contributed by atoms with Crippen LogP contribution < -0.4 is 0 Å². The molecule has 2 atom stereocenters. The van der Waals surface area contributed by atoms with E-state index in [2.05, 4.69) is 0 Å². The number of carboxylic acids is 2. The number of hydrogen-bond donors (Lipinski definition) is 4. The minimum absolute atomic E-state index is 0.566. The molecule has 0 aliphatic heterocycles. The summed E-state index contributed by atoms with van der Waals surface area (Å²) in [5.74, 6) is -1.53. The highest BCUT2D eigenvalue weighted by molar-refractivity contribution is 5.73. The largest absolute Gasteiger partial charge is 0.481 e. The van der Waals surface area contributed by atoms with E-state index in [0.29, 0.717) is 25.7 Å². The van der Waals surface area contributed by atoms with Crippen molar-refractivity contribution in [3.8, 4) is 0 Å². The lowest BCUT2D eigenvalue weighted by Crippen LogP contribution is -2.25. The monoisotopic (exact) mass is 402 g/mol. The summed E-state index contributed by atoms with van der Waals surface area (Å²) in [6.45, 7) is 6.95. The molecule has 0 rings (SSSR count). The first kappa shape index (κ1) is 26.9. The van der Waals surface area contributed by atoms with Crippen LogP contribution in [-0.2, 0) is 9.59 Å². The first-order valence-electron chi connectivity index (χ1n) is 10.7. The summed E-state index contributed by atoms with van der Waals surface area (Å²) in [6.07, 6.45) is 8.12. The van der Waals surface area contributed by atoms with Crippen LogP contribution in [0.15, 0.2) is 0 Å². The molecule has 28 heavy (non-hydrogen) atoms. The van der Waals surface area contributed by atoms with E-state index >= 15 is 0 Å². The van der Waals surface area contributed by atoms with E-state index in [1.54, 1.807) is 27.7 Å². The van der Waals surface area contributed by atoms with Crippen LogP contribution in [0.4, 0.5) is 0 Å². The van der Waals surface area contributed by atoms with Crippen molar-refractivity contribution in [3.63, 3.8) is 0 Å². The number of unbranched alkanes of at least 4 members (excludes halogenated alkanes) is 6. The van der Waals surface area contributed by atoms with Gasteiger partial charge in [0.2, 0.25) is 0 Å². The molecule has 0 amide bonds. The van der Waals surface area contributed by atoms with Crippen molar-refractivity contribution in [2.24, 2.45) is 10.8 Å². The Morgan fingerprint density at radius 3 is 1.18 bits per heavy atom. The Bertz CT molecular complexity index is 416. The molecule has 0 aromatic heterocycles. The van der Waals surface area contributed by atoms with Gasteiger partial charge in [0.15, 0.2) is 0 Å². The van der Waals surface area contributed by atoms with Gasteiger partial charge in [-0.05, 0) is 53.4 Å². The summed E-state index contributed by atoms with van der Waals surface area (Å²) in [6, 6.07) is 0. The molecule has 0 aliphatic carbocycles. The van der Waals surface area contributed by atoms with Crippen LogP contribution in [0.1, 0.15) is 105 Å². The van der Waals surface area contributed by atoms with Crippen LogP contribution >= 0.6 is 0 Å². The number of carbonyl (C=O) groups is 2.